The molecule has 27 heavy (non-hydrogen) atoms. The van der Waals surface area contributed by atoms with Crippen molar-refractivity contribution in [2.24, 2.45) is 0 Å². The molecule has 0 saturated carbocycles. The first kappa shape index (κ1) is 17.3. The maximum Gasteiger partial charge on any atom is 0.324 e. The molecule has 0 bridgehead atoms. The fraction of sp³-hybridized carbons (Fsp3) is 0.273. The first-order valence-electron chi connectivity index (χ1n) is 9.19. The number of nitrogens with zero attached hydrogens (tertiary/aromatic N) is 1. The van der Waals surface area contributed by atoms with Crippen molar-refractivity contribution in [3.8, 4) is 0 Å². The maximum atomic E-state index is 13.3. The summed E-state index contributed by atoms with van der Waals surface area (Å²) in [6.45, 7) is 1.10. The normalized spacial score (nSPS) is 17.3. The van der Waals surface area contributed by atoms with Crippen LogP contribution in [0.1, 0.15) is 29.2 Å². The lowest BCUT2D eigenvalue weighted by Gasteiger charge is -2.29. The molecular weight excluding hydrogens is 340 g/mol. The number of carbonyl (C=O) groups excluding carboxylic acids is 2. The predicted octanol–water partition coefficient (Wildman–Crippen LogP) is 3.40. The van der Waals surface area contributed by atoms with E-state index in [1.165, 1.54) is 7.11 Å². The summed E-state index contributed by atoms with van der Waals surface area (Å²) in [5.41, 5.74) is 3.71. The lowest BCUT2D eigenvalue weighted by atomic mass is 9.93. The Morgan fingerprint density at radius 3 is 2.67 bits per heavy atom. The third-order valence-electron chi connectivity index (χ3n) is 5.20. The van der Waals surface area contributed by atoms with E-state index in [4.69, 9.17) is 4.74 Å². The van der Waals surface area contributed by atoms with Crippen LogP contribution in [0.25, 0.3) is 10.9 Å². The second kappa shape index (κ2) is 7.27. The summed E-state index contributed by atoms with van der Waals surface area (Å²) in [5.74, 6) is -1.69. The van der Waals surface area contributed by atoms with Gasteiger partial charge in [0.2, 0.25) is 5.91 Å². The van der Waals surface area contributed by atoms with Crippen LogP contribution < -0.4 is 0 Å². The monoisotopic (exact) mass is 362 g/mol. The molecule has 0 spiro atoms. The number of aromatic amines is 1. The predicted molar refractivity (Wildman–Crippen MR) is 103 cm³/mol. The molecule has 0 radical (unpaired) electrons. The molecule has 1 unspecified atom stereocenters. The molecule has 1 aliphatic heterocycles. The topological polar surface area (TPSA) is 62.4 Å². The molecular formula is C22H22N2O3. The van der Waals surface area contributed by atoms with Crippen molar-refractivity contribution in [3.63, 3.8) is 0 Å². The molecule has 138 valence electrons. The van der Waals surface area contributed by atoms with Gasteiger partial charge in [-0.15, -0.1) is 0 Å². The second-order valence-corrected chi connectivity index (χ2v) is 6.87. The van der Waals surface area contributed by atoms with Crippen LogP contribution in [-0.4, -0.2) is 35.4 Å². The van der Waals surface area contributed by atoms with Gasteiger partial charge in [-0.1, -0.05) is 48.5 Å². The minimum absolute atomic E-state index is 0.210. The van der Waals surface area contributed by atoms with E-state index in [-0.39, 0.29) is 5.91 Å². The van der Waals surface area contributed by atoms with Crippen LogP contribution >= 0.6 is 0 Å². The van der Waals surface area contributed by atoms with Crippen molar-refractivity contribution >= 4 is 22.8 Å². The zero-order valence-electron chi connectivity index (χ0n) is 15.3. The highest BCUT2D eigenvalue weighted by Crippen LogP contribution is 2.33. The third kappa shape index (κ3) is 3.21. The first-order chi connectivity index (χ1) is 13.2. The van der Waals surface area contributed by atoms with Crippen molar-refractivity contribution in [1.29, 1.82) is 0 Å². The van der Waals surface area contributed by atoms with Gasteiger partial charge in [-0.3, -0.25) is 9.59 Å². The van der Waals surface area contributed by atoms with Gasteiger partial charge in [-0.2, -0.15) is 0 Å². The summed E-state index contributed by atoms with van der Waals surface area (Å²) in [4.78, 5) is 31.0. The fourth-order valence-electron chi connectivity index (χ4n) is 3.90. The van der Waals surface area contributed by atoms with Crippen LogP contribution in [0, 0.1) is 0 Å². The van der Waals surface area contributed by atoms with Gasteiger partial charge in [0.05, 0.1) is 7.11 Å². The molecule has 0 saturated heterocycles. The summed E-state index contributed by atoms with van der Waals surface area (Å²) in [5, 5.41) is 1.07. The van der Waals surface area contributed by atoms with Crippen molar-refractivity contribution < 1.29 is 14.3 Å². The smallest absolute Gasteiger partial charge is 0.324 e. The van der Waals surface area contributed by atoms with Crippen LogP contribution in [0.15, 0.2) is 54.6 Å². The van der Waals surface area contributed by atoms with E-state index in [0.29, 0.717) is 18.8 Å². The van der Waals surface area contributed by atoms with Gasteiger partial charge in [0.25, 0.3) is 0 Å². The van der Waals surface area contributed by atoms with E-state index in [0.717, 1.165) is 34.9 Å². The minimum atomic E-state index is -0.957. The number of para-hydroxylation sites is 1. The highest BCUT2D eigenvalue weighted by Gasteiger charge is 2.37. The van der Waals surface area contributed by atoms with Crippen molar-refractivity contribution in [2.45, 2.75) is 25.3 Å². The van der Waals surface area contributed by atoms with Gasteiger partial charge >= 0.3 is 5.97 Å². The number of aryl methyl sites for hydroxylation is 1. The Kier molecular flexibility index (Phi) is 4.67. The number of hydrogen-bond donors (Lipinski definition) is 1. The Morgan fingerprint density at radius 2 is 1.89 bits per heavy atom. The average Bonchev–Trinajstić information content (AvgIpc) is 3.04. The standard InChI is InChI=1S/C22H22N2O3/c1-27-22(26)19-20-17(16-10-5-6-12-18(16)23-20)11-7-13-24(21(19)25)14-15-8-3-2-4-9-15/h2-6,8-10,12,19,23H,7,11,13-14H2,1H3. The molecule has 5 nitrogen and oxygen atoms in total. The number of benzene rings is 2. The zero-order valence-corrected chi connectivity index (χ0v) is 15.3. The van der Waals surface area contributed by atoms with Crippen LogP contribution in [0.3, 0.4) is 0 Å². The fourth-order valence-corrected chi connectivity index (χ4v) is 3.90. The number of fused-ring (bicyclic) bond motifs is 3. The number of carbonyl (C=O) groups is 2. The van der Waals surface area contributed by atoms with Crippen LogP contribution in [0.2, 0.25) is 0 Å². The molecule has 1 N–H and O–H groups in total. The van der Waals surface area contributed by atoms with Gasteiger partial charge in [0.1, 0.15) is 0 Å². The second-order valence-electron chi connectivity index (χ2n) is 6.87. The molecule has 4 rings (SSSR count). The number of hydrogen-bond acceptors (Lipinski definition) is 3. The van der Waals surface area contributed by atoms with E-state index in [1.807, 2.05) is 54.6 Å². The molecule has 1 aromatic heterocycles. The molecule has 3 aromatic rings. The maximum absolute atomic E-state index is 13.3. The first-order valence-corrected chi connectivity index (χ1v) is 9.19. The van der Waals surface area contributed by atoms with Gasteiger partial charge in [0, 0.05) is 29.7 Å². The molecule has 2 aromatic carbocycles. The number of rotatable bonds is 3. The Labute approximate surface area is 157 Å². The highest BCUT2D eigenvalue weighted by atomic mass is 16.5. The average molecular weight is 362 g/mol. The number of nitrogens with one attached hydrogen (secondary N) is 1. The summed E-state index contributed by atoms with van der Waals surface area (Å²) >= 11 is 0. The highest BCUT2D eigenvalue weighted by molar-refractivity contribution is 6.05. The van der Waals surface area contributed by atoms with E-state index < -0.39 is 11.9 Å². The number of ether oxygens (including phenoxy) is 1. The lowest BCUT2D eigenvalue weighted by Crippen LogP contribution is -2.40. The van der Waals surface area contributed by atoms with Gasteiger partial charge < -0.3 is 14.6 Å². The van der Waals surface area contributed by atoms with Gasteiger partial charge in [-0.05, 0) is 30.0 Å². The van der Waals surface area contributed by atoms with E-state index >= 15 is 0 Å². The van der Waals surface area contributed by atoms with E-state index in [1.54, 1.807) is 4.90 Å². The SMILES string of the molecule is COC(=O)C1C(=O)N(Cc2ccccc2)CCCc2c1[nH]c1ccccc21. The molecule has 1 amide bonds. The van der Waals surface area contributed by atoms with Gasteiger partial charge in [0.15, 0.2) is 5.92 Å². The van der Waals surface area contributed by atoms with Crippen LogP contribution in [0.5, 0.6) is 0 Å². The Balaban J connectivity index is 1.76. The number of aromatic nitrogens is 1. The van der Waals surface area contributed by atoms with Crippen molar-refractivity contribution in [1.82, 2.24) is 9.88 Å². The number of amides is 1. The quantitative estimate of drug-likeness (QED) is 0.574. The molecule has 1 aliphatic rings. The van der Waals surface area contributed by atoms with Gasteiger partial charge in [-0.25, -0.2) is 0 Å². The summed E-state index contributed by atoms with van der Waals surface area (Å²) in [6, 6.07) is 17.8. The number of esters is 1. The minimum Gasteiger partial charge on any atom is -0.468 e. The summed E-state index contributed by atoms with van der Waals surface area (Å²) < 4.78 is 5.00. The summed E-state index contributed by atoms with van der Waals surface area (Å²) in [6.07, 6.45) is 1.66. The molecule has 0 fully saturated rings. The molecule has 1 atom stereocenters. The molecule has 0 aliphatic carbocycles. The molecule has 2 heterocycles. The lowest BCUT2D eigenvalue weighted by molar-refractivity contribution is -0.150. The number of H-pyrrole nitrogens is 1. The molecule has 5 heteroatoms. The largest absolute Gasteiger partial charge is 0.468 e. The van der Waals surface area contributed by atoms with E-state index in [2.05, 4.69) is 4.98 Å². The Morgan fingerprint density at radius 1 is 1.15 bits per heavy atom. The summed E-state index contributed by atoms with van der Waals surface area (Å²) in [7, 11) is 1.33. The van der Waals surface area contributed by atoms with E-state index in [9.17, 15) is 9.59 Å². The zero-order chi connectivity index (χ0) is 18.8. The Bertz CT molecular complexity index is 978. The van der Waals surface area contributed by atoms with Crippen molar-refractivity contribution in [3.05, 3.63) is 71.4 Å². The Hall–Kier alpha value is -3.08. The third-order valence-corrected chi connectivity index (χ3v) is 5.20. The van der Waals surface area contributed by atoms with Crippen LogP contribution in [-0.2, 0) is 27.3 Å². The number of methoxy groups -OCH3 is 1. The van der Waals surface area contributed by atoms with Crippen molar-refractivity contribution in [2.75, 3.05) is 13.7 Å². The van der Waals surface area contributed by atoms with Crippen LogP contribution in [0.4, 0.5) is 0 Å².